The summed E-state index contributed by atoms with van der Waals surface area (Å²) in [6.45, 7) is 2.29. The molecule has 20 heavy (non-hydrogen) atoms. The van der Waals surface area contributed by atoms with Crippen molar-refractivity contribution in [2.24, 2.45) is 5.73 Å². The van der Waals surface area contributed by atoms with Crippen molar-refractivity contribution < 1.29 is 4.39 Å². The Balaban J connectivity index is 1.89. The van der Waals surface area contributed by atoms with Crippen molar-refractivity contribution >= 4 is 15.9 Å². The van der Waals surface area contributed by atoms with Crippen LogP contribution in [0.15, 0.2) is 46.9 Å². The maximum Gasteiger partial charge on any atom is 0.124 e. The van der Waals surface area contributed by atoms with Crippen LogP contribution in [0.25, 0.3) is 0 Å². The lowest BCUT2D eigenvalue weighted by molar-refractivity contribution is 0.204. The van der Waals surface area contributed by atoms with Crippen LogP contribution in [0.4, 0.5) is 4.39 Å². The molecule has 2 nitrogen and oxygen atoms in total. The third-order valence-corrected chi connectivity index (χ3v) is 4.54. The molecule has 0 bridgehead atoms. The van der Waals surface area contributed by atoms with Crippen molar-refractivity contribution in [1.82, 2.24) is 4.90 Å². The van der Waals surface area contributed by atoms with Gasteiger partial charge in [-0.25, -0.2) is 4.39 Å². The van der Waals surface area contributed by atoms with Crippen LogP contribution in [0.5, 0.6) is 0 Å². The Bertz CT molecular complexity index is 605. The van der Waals surface area contributed by atoms with Gasteiger partial charge >= 0.3 is 0 Å². The summed E-state index contributed by atoms with van der Waals surface area (Å²) in [5.41, 5.74) is 9.72. The molecule has 1 aliphatic rings. The summed E-state index contributed by atoms with van der Waals surface area (Å²) in [4.78, 5) is 2.34. The van der Waals surface area contributed by atoms with Gasteiger partial charge in [0.25, 0.3) is 0 Å². The molecule has 1 heterocycles. The Morgan fingerprint density at radius 2 is 1.80 bits per heavy atom. The molecular weight excluding hydrogens is 319 g/mol. The molecule has 0 spiro atoms. The Morgan fingerprint density at radius 3 is 2.35 bits per heavy atom. The number of hydrogen-bond donors (Lipinski definition) is 1. The Hall–Kier alpha value is -1.23. The third kappa shape index (κ3) is 2.51. The zero-order chi connectivity index (χ0) is 14.1. The first kappa shape index (κ1) is 13.7. The molecule has 0 saturated heterocycles. The van der Waals surface area contributed by atoms with E-state index in [2.05, 4.69) is 45.1 Å². The predicted molar refractivity (Wildman–Crippen MR) is 81.6 cm³/mol. The van der Waals surface area contributed by atoms with E-state index in [1.807, 2.05) is 6.07 Å². The average Bonchev–Trinajstić information content (AvgIpc) is 2.85. The molecule has 0 aliphatic carbocycles. The fourth-order valence-corrected chi connectivity index (χ4v) is 3.44. The molecule has 2 N–H and O–H groups in total. The molecule has 104 valence electrons. The number of nitrogens with two attached hydrogens (primary N) is 1. The van der Waals surface area contributed by atoms with Gasteiger partial charge in [0.05, 0.1) is 0 Å². The summed E-state index contributed by atoms with van der Waals surface area (Å²) in [5, 5.41) is 0. The van der Waals surface area contributed by atoms with Crippen molar-refractivity contribution in [1.29, 1.82) is 0 Å². The van der Waals surface area contributed by atoms with Crippen LogP contribution < -0.4 is 5.73 Å². The molecule has 1 unspecified atom stereocenters. The standard InChI is InChI=1S/C16H16BrFN2/c17-15-7-13(18)5-6-14(15)16(8-19)20-9-11-3-1-2-4-12(11)10-20/h1-7,16H,8-10,19H2. The Morgan fingerprint density at radius 1 is 1.15 bits per heavy atom. The van der Waals surface area contributed by atoms with E-state index in [4.69, 9.17) is 5.73 Å². The molecule has 0 radical (unpaired) electrons. The fraction of sp³-hybridized carbons (Fsp3) is 0.250. The van der Waals surface area contributed by atoms with E-state index in [0.29, 0.717) is 6.54 Å². The monoisotopic (exact) mass is 334 g/mol. The van der Waals surface area contributed by atoms with E-state index in [0.717, 1.165) is 23.1 Å². The minimum absolute atomic E-state index is 0.0948. The second-order valence-corrected chi connectivity index (χ2v) is 5.95. The molecule has 2 aromatic rings. The number of benzene rings is 2. The molecule has 0 saturated carbocycles. The highest BCUT2D eigenvalue weighted by molar-refractivity contribution is 9.10. The van der Waals surface area contributed by atoms with Crippen LogP contribution in [-0.2, 0) is 13.1 Å². The first-order valence-electron chi connectivity index (χ1n) is 6.65. The quantitative estimate of drug-likeness (QED) is 0.929. The topological polar surface area (TPSA) is 29.3 Å². The van der Waals surface area contributed by atoms with Gasteiger partial charge in [0.15, 0.2) is 0 Å². The van der Waals surface area contributed by atoms with Gasteiger partial charge in [-0.1, -0.05) is 46.3 Å². The minimum Gasteiger partial charge on any atom is -0.329 e. The van der Waals surface area contributed by atoms with Crippen LogP contribution in [-0.4, -0.2) is 11.4 Å². The number of hydrogen-bond acceptors (Lipinski definition) is 2. The third-order valence-electron chi connectivity index (χ3n) is 3.85. The smallest absolute Gasteiger partial charge is 0.124 e. The molecule has 0 amide bonds. The minimum atomic E-state index is -0.235. The van der Waals surface area contributed by atoms with E-state index in [9.17, 15) is 4.39 Å². The Labute approximate surface area is 126 Å². The van der Waals surface area contributed by atoms with Crippen LogP contribution >= 0.6 is 15.9 Å². The van der Waals surface area contributed by atoms with E-state index in [1.54, 1.807) is 0 Å². The average molecular weight is 335 g/mol. The highest BCUT2D eigenvalue weighted by Crippen LogP contribution is 2.34. The lowest BCUT2D eigenvalue weighted by Gasteiger charge is -2.27. The van der Waals surface area contributed by atoms with E-state index >= 15 is 0 Å². The Kier molecular flexibility index (Phi) is 3.87. The molecule has 1 aliphatic heterocycles. The summed E-state index contributed by atoms with van der Waals surface area (Å²) in [6, 6.07) is 13.3. The second-order valence-electron chi connectivity index (χ2n) is 5.09. The molecule has 2 aromatic carbocycles. The van der Waals surface area contributed by atoms with Gasteiger partial charge in [0.2, 0.25) is 0 Å². The van der Waals surface area contributed by atoms with Crippen molar-refractivity contribution in [3.05, 3.63) is 69.4 Å². The van der Waals surface area contributed by atoms with Gasteiger partial charge in [0, 0.05) is 30.1 Å². The first-order valence-corrected chi connectivity index (χ1v) is 7.44. The maximum atomic E-state index is 13.2. The van der Waals surface area contributed by atoms with Crippen LogP contribution in [0, 0.1) is 5.82 Å². The highest BCUT2D eigenvalue weighted by Gasteiger charge is 2.27. The van der Waals surface area contributed by atoms with Gasteiger partial charge < -0.3 is 5.73 Å². The lowest BCUT2D eigenvalue weighted by atomic mass is 10.1. The summed E-state index contributed by atoms with van der Waals surface area (Å²) in [5.74, 6) is -0.235. The maximum absolute atomic E-state index is 13.2. The number of rotatable bonds is 3. The van der Waals surface area contributed by atoms with Gasteiger partial charge in [-0.3, -0.25) is 4.90 Å². The largest absolute Gasteiger partial charge is 0.329 e. The summed E-state index contributed by atoms with van der Waals surface area (Å²) >= 11 is 3.45. The van der Waals surface area contributed by atoms with Gasteiger partial charge in [-0.15, -0.1) is 0 Å². The van der Waals surface area contributed by atoms with Crippen molar-refractivity contribution in [3.8, 4) is 0 Å². The first-order chi connectivity index (χ1) is 9.69. The summed E-state index contributed by atoms with van der Waals surface area (Å²) in [6.07, 6.45) is 0. The second kappa shape index (κ2) is 5.64. The summed E-state index contributed by atoms with van der Waals surface area (Å²) in [7, 11) is 0. The van der Waals surface area contributed by atoms with Crippen molar-refractivity contribution in [3.63, 3.8) is 0 Å². The lowest BCUT2D eigenvalue weighted by Crippen LogP contribution is -2.30. The van der Waals surface area contributed by atoms with Crippen LogP contribution in [0.3, 0.4) is 0 Å². The summed E-state index contributed by atoms with van der Waals surface area (Å²) < 4.78 is 14.0. The molecule has 0 aromatic heterocycles. The molecular formula is C16H16BrFN2. The van der Waals surface area contributed by atoms with E-state index in [1.165, 1.54) is 23.3 Å². The zero-order valence-electron chi connectivity index (χ0n) is 11.0. The zero-order valence-corrected chi connectivity index (χ0v) is 12.6. The van der Waals surface area contributed by atoms with Gasteiger partial charge in [-0.05, 0) is 28.8 Å². The van der Waals surface area contributed by atoms with E-state index < -0.39 is 0 Å². The van der Waals surface area contributed by atoms with E-state index in [-0.39, 0.29) is 11.9 Å². The number of halogens is 2. The van der Waals surface area contributed by atoms with Crippen LogP contribution in [0.1, 0.15) is 22.7 Å². The van der Waals surface area contributed by atoms with Gasteiger partial charge in [-0.2, -0.15) is 0 Å². The van der Waals surface area contributed by atoms with Crippen molar-refractivity contribution in [2.45, 2.75) is 19.1 Å². The predicted octanol–water partition coefficient (Wildman–Crippen LogP) is 3.60. The van der Waals surface area contributed by atoms with Crippen LogP contribution in [0.2, 0.25) is 0 Å². The molecule has 4 heteroatoms. The number of fused-ring (bicyclic) bond motifs is 1. The molecule has 0 fully saturated rings. The molecule has 3 rings (SSSR count). The van der Waals surface area contributed by atoms with Crippen molar-refractivity contribution in [2.75, 3.05) is 6.54 Å². The number of nitrogens with zero attached hydrogens (tertiary/aromatic N) is 1. The fourth-order valence-electron chi connectivity index (χ4n) is 2.82. The highest BCUT2D eigenvalue weighted by atomic mass is 79.9. The molecule has 1 atom stereocenters. The normalized spacial score (nSPS) is 16.1. The SMILES string of the molecule is NCC(c1ccc(F)cc1Br)N1Cc2ccccc2C1. The van der Waals surface area contributed by atoms with Gasteiger partial charge in [0.1, 0.15) is 5.82 Å².